The van der Waals surface area contributed by atoms with E-state index in [0.29, 0.717) is 5.69 Å². The zero-order chi connectivity index (χ0) is 10.7. The van der Waals surface area contributed by atoms with E-state index in [1.165, 1.54) is 6.07 Å². The summed E-state index contributed by atoms with van der Waals surface area (Å²) in [6, 6.07) is 5.00. The van der Waals surface area contributed by atoms with Crippen LogP contribution in [0.2, 0.25) is 0 Å². The maximum absolute atomic E-state index is 13.7. The lowest BCUT2D eigenvalue weighted by Gasteiger charge is -2.15. The zero-order valence-corrected chi connectivity index (χ0v) is 9.32. The van der Waals surface area contributed by atoms with Crippen molar-refractivity contribution in [3.63, 3.8) is 0 Å². The summed E-state index contributed by atoms with van der Waals surface area (Å²) in [5, 5.41) is 0. The van der Waals surface area contributed by atoms with Gasteiger partial charge in [-0.15, -0.1) is 0 Å². The Bertz CT molecular complexity index is 335. The van der Waals surface area contributed by atoms with Crippen molar-refractivity contribution >= 4 is 17.6 Å². The second-order valence-corrected chi connectivity index (χ2v) is 4.80. The van der Waals surface area contributed by atoms with Gasteiger partial charge >= 0.3 is 0 Å². The molecule has 0 bridgehead atoms. The molecule has 0 amide bonds. The van der Waals surface area contributed by atoms with Crippen molar-refractivity contribution < 1.29 is 4.39 Å². The van der Waals surface area contributed by atoms with Gasteiger partial charge in [0, 0.05) is 23.9 Å². The summed E-state index contributed by atoms with van der Waals surface area (Å²) in [6.07, 6.45) is 2.17. The van der Waals surface area contributed by atoms with Crippen LogP contribution in [0.15, 0.2) is 18.2 Å². The number of benzene rings is 1. The average molecular weight is 226 g/mol. The molecule has 1 unspecified atom stereocenters. The molecule has 1 heterocycles. The highest BCUT2D eigenvalue weighted by Gasteiger charge is 2.17. The first-order valence-electron chi connectivity index (χ1n) is 5.17. The number of rotatable bonds is 1. The number of nitrogens with one attached hydrogen (secondary N) is 1. The Kier molecular flexibility index (Phi) is 3.49. The maximum Gasteiger partial charge on any atom is 0.128 e. The molecule has 82 valence electrons. The molecule has 1 aromatic carbocycles. The van der Waals surface area contributed by atoms with E-state index in [4.69, 9.17) is 5.73 Å². The normalized spacial score (nSPS) is 22.3. The largest absolute Gasteiger partial charge is 0.399 e. The van der Waals surface area contributed by atoms with Gasteiger partial charge < -0.3 is 5.73 Å². The standard InChI is InChI=1S/C11H15FN2S/c12-11-6-9(13)3-4-10(11)8-2-1-5-15-14-7-8/h3-4,6,8,14H,1-2,5,7,13H2. The molecule has 1 aromatic rings. The van der Waals surface area contributed by atoms with Crippen LogP contribution in [0.5, 0.6) is 0 Å². The summed E-state index contributed by atoms with van der Waals surface area (Å²) in [6.45, 7) is 0.839. The maximum atomic E-state index is 13.7. The molecular formula is C11H15FN2S. The van der Waals surface area contributed by atoms with Gasteiger partial charge in [0.25, 0.3) is 0 Å². The molecule has 1 aliphatic rings. The van der Waals surface area contributed by atoms with E-state index >= 15 is 0 Å². The van der Waals surface area contributed by atoms with Crippen LogP contribution in [-0.4, -0.2) is 12.3 Å². The molecule has 2 rings (SSSR count). The van der Waals surface area contributed by atoms with Gasteiger partial charge in [-0.25, -0.2) is 4.39 Å². The van der Waals surface area contributed by atoms with Gasteiger partial charge in [0.05, 0.1) is 0 Å². The number of halogens is 1. The zero-order valence-electron chi connectivity index (χ0n) is 8.50. The van der Waals surface area contributed by atoms with Crippen LogP contribution in [0, 0.1) is 5.82 Å². The minimum absolute atomic E-state index is 0.172. The van der Waals surface area contributed by atoms with E-state index in [0.717, 1.165) is 30.7 Å². The van der Waals surface area contributed by atoms with Crippen molar-refractivity contribution in [2.75, 3.05) is 18.0 Å². The Morgan fingerprint density at radius 2 is 2.33 bits per heavy atom. The highest BCUT2D eigenvalue weighted by molar-refractivity contribution is 7.97. The molecule has 1 fully saturated rings. The molecule has 0 saturated carbocycles. The van der Waals surface area contributed by atoms with Crippen molar-refractivity contribution in [3.05, 3.63) is 29.6 Å². The highest BCUT2D eigenvalue weighted by Crippen LogP contribution is 2.27. The molecular weight excluding hydrogens is 211 g/mol. The van der Waals surface area contributed by atoms with E-state index in [9.17, 15) is 4.39 Å². The minimum atomic E-state index is -0.172. The Morgan fingerprint density at radius 1 is 1.47 bits per heavy atom. The molecule has 1 aliphatic heterocycles. The number of nitrogens with two attached hydrogens (primary N) is 1. The van der Waals surface area contributed by atoms with Crippen LogP contribution in [0.1, 0.15) is 24.3 Å². The van der Waals surface area contributed by atoms with Crippen LogP contribution in [0.3, 0.4) is 0 Å². The first-order chi connectivity index (χ1) is 7.27. The molecule has 3 N–H and O–H groups in total. The van der Waals surface area contributed by atoms with Crippen molar-refractivity contribution in [1.82, 2.24) is 4.72 Å². The summed E-state index contributed by atoms with van der Waals surface area (Å²) in [4.78, 5) is 0. The summed E-state index contributed by atoms with van der Waals surface area (Å²) in [5.74, 6) is 1.21. The number of hydrogen-bond acceptors (Lipinski definition) is 3. The van der Waals surface area contributed by atoms with E-state index in [1.807, 2.05) is 6.07 Å². The summed E-state index contributed by atoms with van der Waals surface area (Å²) in [5.41, 5.74) is 6.81. The van der Waals surface area contributed by atoms with Crippen molar-refractivity contribution in [2.45, 2.75) is 18.8 Å². The molecule has 0 radical (unpaired) electrons. The SMILES string of the molecule is Nc1ccc(C2CCCSNC2)c(F)c1. The first-order valence-corrected chi connectivity index (χ1v) is 6.15. The van der Waals surface area contributed by atoms with E-state index in [1.54, 1.807) is 18.0 Å². The van der Waals surface area contributed by atoms with Gasteiger partial charge in [0.1, 0.15) is 5.82 Å². The fraction of sp³-hybridized carbons (Fsp3) is 0.455. The van der Waals surface area contributed by atoms with E-state index in [2.05, 4.69) is 4.72 Å². The van der Waals surface area contributed by atoms with Gasteiger partial charge in [-0.3, -0.25) is 4.72 Å². The van der Waals surface area contributed by atoms with Crippen LogP contribution < -0.4 is 10.5 Å². The molecule has 1 saturated heterocycles. The molecule has 0 aliphatic carbocycles. The third-order valence-corrected chi connectivity index (χ3v) is 3.56. The fourth-order valence-electron chi connectivity index (χ4n) is 1.88. The van der Waals surface area contributed by atoms with Gasteiger partial charge in [0.2, 0.25) is 0 Å². The second kappa shape index (κ2) is 4.86. The molecule has 0 aromatic heterocycles. The fourth-order valence-corrected chi connectivity index (χ4v) is 2.65. The Morgan fingerprint density at radius 3 is 3.13 bits per heavy atom. The van der Waals surface area contributed by atoms with Crippen LogP contribution in [-0.2, 0) is 0 Å². The van der Waals surface area contributed by atoms with Crippen LogP contribution in [0.25, 0.3) is 0 Å². The summed E-state index contributed by atoms with van der Waals surface area (Å²) < 4.78 is 16.9. The number of anilines is 1. The third kappa shape index (κ3) is 2.63. The summed E-state index contributed by atoms with van der Waals surface area (Å²) in [7, 11) is 0. The lowest BCUT2D eigenvalue weighted by atomic mass is 9.94. The third-order valence-electron chi connectivity index (χ3n) is 2.70. The molecule has 2 nitrogen and oxygen atoms in total. The smallest absolute Gasteiger partial charge is 0.128 e. The minimum Gasteiger partial charge on any atom is -0.399 e. The van der Waals surface area contributed by atoms with Gasteiger partial charge in [-0.05, 0) is 30.5 Å². The van der Waals surface area contributed by atoms with E-state index in [-0.39, 0.29) is 11.7 Å². The Labute approximate surface area is 93.6 Å². The topological polar surface area (TPSA) is 38.0 Å². The molecule has 1 atom stereocenters. The van der Waals surface area contributed by atoms with Crippen molar-refractivity contribution in [3.8, 4) is 0 Å². The lowest BCUT2D eigenvalue weighted by molar-refractivity contribution is 0.554. The van der Waals surface area contributed by atoms with E-state index < -0.39 is 0 Å². The van der Waals surface area contributed by atoms with Crippen LogP contribution in [0.4, 0.5) is 10.1 Å². The van der Waals surface area contributed by atoms with Crippen molar-refractivity contribution in [2.24, 2.45) is 0 Å². The molecule has 4 heteroatoms. The van der Waals surface area contributed by atoms with Gasteiger partial charge in [-0.2, -0.15) is 0 Å². The van der Waals surface area contributed by atoms with Gasteiger partial charge in [0.15, 0.2) is 0 Å². The average Bonchev–Trinajstić information content (AvgIpc) is 2.46. The second-order valence-electron chi connectivity index (χ2n) is 3.82. The highest BCUT2D eigenvalue weighted by atomic mass is 32.2. The predicted octanol–water partition coefficient (Wildman–Crippen LogP) is 2.52. The molecule has 15 heavy (non-hydrogen) atoms. The first kappa shape index (κ1) is 10.8. The molecule has 0 spiro atoms. The number of nitrogen functional groups attached to an aromatic ring is 1. The quantitative estimate of drug-likeness (QED) is 0.571. The van der Waals surface area contributed by atoms with Crippen LogP contribution >= 0.6 is 11.9 Å². The lowest BCUT2D eigenvalue weighted by Crippen LogP contribution is -2.14. The Balaban J connectivity index is 2.19. The summed E-state index contributed by atoms with van der Waals surface area (Å²) >= 11 is 1.73. The predicted molar refractivity (Wildman–Crippen MR) is 63.2 cm³/mol. The van der Waals surface area contributed by atoms with Crippen molar-refractivity contribution in [1.29, 1.82) is 0 Å². The number of hydrogen-bond donors (Lipinski definition) is 2. The Hall–Kier alpha value is -0.740. The monoisotopic (exact) mass is 226 g/mol. The van der Waals surface area contributed by atoms with Gasteiger partial charge in [-0.1, -0.05) is 18.0 Å².